The maximum absolute atomic E-state index is 13.7. The summed E-state index contributed by atoms with van der Waals surface area (Å²) in [4.78, 5) is 13.9. The summed E-state index contributed by atoms with van der Waals surface area (Å²) in [5.74, 6) is 0.0170. The summed E-state index contributed by atoms with van der Waals surface area (Å²) in [5.41, 5.74) is 1.08. The first-order valence-corrected chi connectivity index (χ1v) is 7.30. The number of carbonyl (C=O) groups is 1. The first-order chi connectivity index (χ1) is 9.58. The summed E-state index contributed by atoms with van der Waals surface area (Å²) in [7, 11) is 1.76. The molecule has 1 fully saturated rings. The lowest BCUT2D eigenvalue weighted by atomic mass is 9.94. The van der Waals surface area contributed by atoms with E-state index in [0.717, 1.165) is 25.1 Å². The molecule has 0 bridgehead atoms. The molecule has 2 rings (SSSR count). The predicted octanol–water partition coefficient (Wildman–Crippen LogP) is 2.60. The molecular formula is C16H23FN2O. The van der Waals surface area contributed by atoms with E-state index in [-0.39, 0.29) is 11.5 Å². The largest absolute Gasteiger partial charge is 0.342 e. The van der Waals surface area contributed by atoms with Crippen molar-refractivity contribution in [1.29, 1.82) is 0 Å². The second-order valence-corrected chi connectivity index (χ2v) is 5.69. The summed E-state index contributed by atoms with van der Waals surface area (Å²) < 4.78 is 13.7. The molecule has 0 atom stereocenters. The molecule has 1 aromatic carbocycles. The maximum atomic E-state index is 13.7. The van der Waals surface area contributed by atoms with Gasteiger partial charge in [0.2, 0.25) is 0 Å². The minimum Gasteiger partial charge on any atom is -0.342 e. The van der Waals surface area contributed by atoms with Gasteiger partial charge in [-0.05, 0) is 57.3 Å². The zero-order valence-corrected chi connectivity index (χ0v) is 12.3. The molecule has 0 saturated carbocycles. The van der Waals surface area contributed by atoms with Gasteiger partial charge in [-0.25, -0.2) is 4.39 Å². The monoisotopic (exact) mass is 278 g/mol. The highest BCUT2D eigenvalue weighted by atomic mass is 19.1. The van der Waals surface area contributed by atoms with E-state index in [4.69, 9.17) is 0 Å². The molecule has 1 N–H and O–H groups in total. The van der Waals surface area contributed by atoms with Crippen molar-refractivity contribution in [3.63, 3.8) is 0 Å². The molecule has 1 aromatic rings. The van der Waals surface area contributed by atoms with Crippen LogP contribution in [0.4, 0.5) is 4.39 Å². The van der Waals surface area contributed by atoms with Gasteiger partial charge in [-0.2, -0.15) is 0 Å². The number of carbonyl (C=O) groups excluding carboxylic acids is 1. The molecule has 0 radical (unpaired) electrons. The van der Waals surface area contributed by atoms with Gasteiger partial charge in [0.1, 0.15) is 5.82 Å². The van der Waals surface area contributed by atoms with E-state index in [0.29, 0.717) is 12.5 Å². The van der Waals surface area contributed by atoms with Crippen LogP contribution in [0.2, 0.25) is 0 Å². The summed E-state index contributed by atoms with van der Waals surface area (Å²) in [5, 5.41) is 3.33. The molecule has 0 spiro atoms. The van der Waals surface area contributed by atoms with E-state index < -0.39 is 5.82 Å². The van der Waals surface area contributed by atoms with Crippen molar-refractivity contribution in [2.24, 2.45) is 5.92 Å². The van der Waals surface area contributed by atoms with Gasteiger partial charge in [-0.1, -0.05) is 11.6 Å². The maximum Gasteiger partial charge on any atom is 0.256 e. The number of piperidine rings is 1. The summed E-state index contributed by atoms with van der Waals surface area (Å²) in [6, 6.07) is 4.67. The van der Waals surface area contributed by atoms with Gasteiger partial charge in [0.25, 0.3) is 5.91 Å². The van der Waals surface area contributed by atoms with Gasteiger partial charge in [0.15, 0.2) is 0 Å². The number of aryl methyl sites for hydroxylation is 1. The third kappa shape index (κ3) is 3.79. The molecule has 110 valence electrons. The molecule has 1 amide bonds. The highest BCUT2D eigenvalue weighted by Crippen LogP contribution is 2.17. The van der Waals surface area contributed by atoms with Crippen LogP contribution >= 0.6 is 0 Å². The van der Waals surface area contributed by atoms with Crippen molar-refractivity contribution in [2.45, 2.75) is 26.2 Å². The number of hydrogen-bond donors (Lipinski definition) is 1. The second-order valence-electron chi connectivity index (χ2n) is 5.69. The Morgan fingerprint density at radius 1 is 1.40 bits per heavy atom. The Hall–Kier alpha value is -1.42. The van der Waals surface area contributed by atoms with Crippen LogP contribution in [-0.2, 0) is 0 Å². The lowest BCUT2D eigenvalue weighted by molar-refractivity contribution is 0.0780. The average molecular weight is 278 g/mol. The van der Waals surface area contributed by atoms with Crippen LogP contribution in [0, 0.1) is 18.7 Å². The fraction of sp³-hybridized carbons (Fsp3) is 0.562. The van der Waals surface area contributed by atoms with Crippen LogP contribution in [0.5, 0.6) is 0 Å². The average Bonchev–Trinajstić information content (AvgIpc) is 2.47. The standard InChI is InChI=1S/C16H23FN2O/c1-12-3-4-15(17)14(11-12)16(20)19(2)10-7-13-5-8-18-9-6-13/h3-4,11,13,18H,5-10H2,1-2H3. The van der Waals surface area contributed by atoms with Crippen LogP contribution in [0.15, 0.2) is 18.2 Å². The van der Waals surface area contributed by atoms with E-state index in [1.807, 2.05) is 6.92 Å². The third-order valence-electron chi connectivity index (χ3n) is 4.03. The first-order valence-electron chi connectivity index (χ1n) is 7.30. The Bertz CT molecular complexity index is 470. The Balaban J connectivity index is 1.92. The van der Waals surface area contributed by atoms with Crippen LogP contribution in [0.1, 0.15) is 35.2 Å². The van der Waals surface area contributed by atoms with Crippen LogP contribution in [0.3, 0.4) is 0 Å². The van der Waals surface area contributed by atoms with Crippen molar-refractivity contribution in [3.05, 3.63) is 35.1 Å². The van der Waals surface area contributed by atoms with Crippen molar-refractivity contribution < 1.29 is 9.18 Å². The van der Waals surface area contributed by atoms with Gasteiger partial charge >= 0.3 is 0 Å². The smallest absolute Gasteiger partial charge is 0.256 e. The van der Waals surface area contributed by atoms with Crippen LogP contribution in [0.25, 0.3) is 0 Å². The fourth-order valence-corrected chi connectivity index (χ4v) is 2.66. The van der Waals surface area contributed by atoms with Crippen LogP contribution < -0.4 is 5.32 Å². The normalized spacial score (nSPS) is 16.1. The molecule has 1 heterocycles. The lowest BCUT2D eigenvalue weighted by Crippen LogP contribution is -2.33. The summed E-state index contributed by atoms with van der Waals surface area (Å²) in [6.45, 7) is 4.69. The second kappa shape index (κ2) is 6.84. The Labute approximate surface area is 120 Å². The number of nitrogens with zero attached hydrogens (tertiary/aromatic N) is 1. The van der Waals surface area contributed by atoms with Gasteiger partial charge in [-0.3, -0.25) is 4.79 Å². The van der Waals surface area contributed by atoms with E-state index in [1.54, 1.807) is 24.1 Å². The van der Waals surface area contributed by atoms with Gasteiger partial charge in [0, 0.05) is 13.6 Å². The van der Waals surface area contributed by atoms with Crippen molar-refractivity contribution in [2.75, 3.05) is 26.7 Å². The van der Waals surface area contributed by atoms with Gasteiger partial charge in [-0.15, -0.1) is 0 Å². The highest BCUT2D eigenvalue weighted by molar-refractivity contribution is 5.94. The molecule has 1 aliphatic rings. The van der Waals surface area contributed by atoms with E-state index >= 15 is 0 Å². The zero-order chi connectivity index (χ0) is 14.5. The van der Waals surface area contributed by atoms with Gasteiger partial charge < -0.3 is 10.2 Å². The van der Waals surface area contributed by atoms with E-state index in [2.05, 4.69) is 5.32 Å². The number of amides is 1. The molecule has 1 saturated heterocycles. The minimum absolute atomic E-state index is 0.179. The number of rotatable bonds is 4. The first kappa shape index (κ1) is 15.0. The number of benzene rings is 1. The van der Waals surface area contributed by atoms with Crippen molar-refractivity contribution >= 4 is 5.91 Å². The fourth-order valence-electron chi connectivity index (χ4n) is 2.66. The molecule has 3 nitrogen and oxygen atoms in total. The Morgan fingerprint density at radius 2 is 2.10 bits per heavy atom. The molecule has 0 aromatic heterocycles. The van der Waals surface area contributed by atoms with Gasteiger partial charge in [0.05, 0.1) is 5.56 Å². The number of hydrogen-bond acceptors (Lipinski definition) is 2. The van der Waals surface area contributed by atoms with E-state index in [1.165, 1.54) is 18.9 Å². The quantitative estimate of drug-likeness (QED) is 0.918. The molecule has 4 heteroatoms. The topological polar surface area (TPSA) is 32.3 Å². The molecule has 0 unspecified atom stereocenters. The van der Waals surface area contributed by atoms with Crippen molar-refractivity contribution in [3.8, 4) is 0 Å². The minimum atomic E-state index is -0.436. The third-order valence-corrected chi connectivity index (χ3v) is 4.03. The summed E-state index contributed by atoms with van der Waals surface area (Å²) >= 11 is 0. The molecule has 20 heavy (non-hydrogen) atoms. The van der Waals surface area contributed by atoms with E-state index in [9.17, 15) is 9.18 Å². The van der Waals surface area contributed by atoms with Crippen molar-refractivity contribution in [1.82, 2.24) is 10.2 Å². The highest BCUT2D eigenvalue weighted by Gasteiger charge is 2.18. The predicted molar refractivity (Wildman–Crippen MR) is 78.3 cm³/mol. The molecular weight excluding hydrogens is 255 g/mol. The van der Waals surface area contributed by atoms with Crippen LogP contribution in [-0.4, -0.2) is 37.5 Å². The number of halogens is 1. The summed E-state index contributed by atoms with van der Waals surface area (Å²) in [6.07, 6.45) is 3.33. The zero-order valence-electron chi connectivity index (χ0n) is 12.3. The molecule has 0 aliphatic carbocycles. The Morgan fingerprint density at radius 3 is 2.80 bits per heavy atom. The SMILES string of the molecule is Cc1ccc(F)c(C(=O)N(C)CCC2CCNCC2)c1. The number of nitrogens with one attached hydrogen (secondary N) is 1. The lowest BCUT2D eigenvalue weighted by Gasteiger charge is -2.25. The molecule has 1 aliphatic heterocycles. The Kier molecular flexibility index (Phi) is 5.12.